The summed E-state index contributed by atoms with van der Waals surface area (Å²) in [5.74, 6) is -1.45. The summed E-state index contributed by atoms with van der Waals surface area (Å²) in [5.41, 5.74) is 0.944. The van der Waals surface area contributed by atoms with Crippen molar-refractivity contribution in [1.82, 2.24) is 15.1 Å². The van der Waals surface area contributed by atoms with Crippen LogP contribution in [0.15, 0.2) is 6.07 Å². The molecule has 1 rings (SSSR count). The zero-order valence-electron chi connectivity index (χ0n) is 10.4. The van der Waals surface area contributed by atoms with E-state index in [1.165, 1.54) is 7.05 Å². The molecule has 1 aromatic heterocycles. The van der Waals surface area contributed by atoms with Crippen molar-refractivity contribution < 1.29 is 14.7 Å². The molecule has 0 spiro atoms. The number of amides is 1. The van der Waals surface area contributed by atoms with E-state index in [0.29, 0.717) is 0 Å². The number of nitrogens with zero attached hydrogens (tertiary/aromatic N) is 2. The molecule has 0 saturated carbocycles. The summed E-state index contributed by atoms with van der Waals surface area (Å²) >= 11 is 0. The number of H-pyrrole nitrogens is 1. The van der Waals surface area contributed by atoms with Crippen LogP contribution in [0.4, 0.5) is 0 Å². The van der Waals surface area contributed by atoms with E-state index in [2.05, 4.69) is 10.2 Å². The van der Waals surface area contributed by atoms with Crippen molar-refractivity contribution in [2.45, 2.75) is 26.2 Å². The van der Waals surface area contributed by atoms with Gasteiger partial charge in [0, 0.05) is 18.2 Å². The van der Waals surface area contributed by atoms with E-state index in [0.717, 1.165) is 10.6 Å². The Kier molecular flexibility index (Phi) is 3.55. The lowest BCUT2D eigenvalue weighted by Crippen LogP contribution is -2.32. The minimum atomic E-state index is -1.05. The fourth-order valence-electron chi connectivity index (χ4n) is 1.29. The lowest BCUT2D eigenvalue weighted by molar-refractivity contribution is -0.137. The van der Waals surface area contributed by atoms with Crippen molar-refractivity contribution >= 4 is 11.9 Å². The van der Waals surface area contributed by atoms with Crippen LogP contribution in [-0.2, 0) is 10.2 Å². The first kappa shape index (κ1) is 13.2. The number of aromatic nitrogens is 2. The molecule has 1 amide bonds. The molecule has 0 bridgehead atoms. The summed E-state index contributed by atoms with van der Waals surface area (Å²) in [5, 5.41) is 15.3. The number of carbonyl (C=O) groups is 2. The van der Waals surface area contributed by atoms with E-state index >= 15 is 0 Å². The van der Waals surface area contributed by atoms with Gasteiger partial charge in [0.15, 0.2) is 0 Å². The molecule has 0 aromatic carbocycles. The Bertz CT molecular complexity index is 431. The number of aliphatic carboxylic acids is 1. The second-order valence-corrected chi connectivity index (χ2v) is 4.97. The molecule has 0 aliphatic heterocycles. The fraction of sp³-hybridized carbons (Fsp3) is 0.545. The first-order valence-corrected chi connectivity index (χ1v) is 5.25. The van der Waals surface area contributed by atoms with Crippen LogP contribution in [0.5, 0.6) is 0 Å². The number of aromatic amines is 1. The lowest BCUT2D eigenvalue weighted by atomic mass is 9.92. The highest BCUT2D eigenvalue weighted by atomic mass is 16.4. The Morgan fingerprint density at radius 2 is 2.06 bits per heavy atom. The van der Waals surface area contributed by atoms with Crippen molar-refractivity contribution in [1.29, 1.82) is 0 Å². The molecular weight excluding hydrogens is 222 g/mol. The third-order valence-corrected chi connectivity index (χ3v) is 2.32. The van der Waals surface area contributed by atoms with Gasteiger partial charge in [-0.25, -0.2) is 0 Å². The number of hydrogen-bond acceptors (Lipinski definition) is 3. The maximum atomic E-state index is 11.8. The zero-order chi connectivity index (χ0) is 13.2. The van der Waals surface area contributed by atoms with Gasteiger partial charge in [-0.3, -0.25) is 14.7 Å². The van der Waals surface area contributed by atoms with Crippen LogP contribution < -0.4 is 0 Å². The van der Waals surface area contributed by atoms with Gasteiger partial charge >= 0.3 is 5.97 Å². The topological polar surface area (TPSA) is 86.3 Å². The summed E-state index contributed by atoms with van der Waals surface area (Å²) in [6.45, 7) is 5.65. The summed E-state index contributed by atoms with van der Waals surface area (Å²) in [6, 6.07) is 1.65. The van der Waals surface area contributed by atoms with E-state index in [4.69, 9.17) is 5.11 Å². The number of carboxylic acids is 1. The molecule has 0 unspecified atom stereocenters. The number of rotatable bonds is 3. The SMILES string of the molecule is CN(CC(=O)O)C(=O)c1cc(C(C)(C)C)[nH]n1. The third kappa shape index (κ3) is 3.30. The van der Waals surface area contributed by atoms with Crippen LogP contribution in [0.25, 0.3) is 0 Å². The molecule has 94 valence electrons. The first-order valence-electron chi connectivity index (χ1n) is 5.25. The van der Waals surface area contributed by atoms with Crippen LogP contribution in [-0.4, -0.2) is 45.7 Å². The molecular formula is C11H17N3O3. The van der Waals surface area contributed by atoms with E-state index in [1.54, 1.807) is 6.07 Å². The van der Waals surface area contributed by atoms with Gasteiger partial charge in [0.05, 0.1) is 0 Å². The van der Waals surface area contributed by atoms with Crippen molar-refractivity contribution in [3.05, 3.63) is 17.5 Å². The van der Waals surface area contributed by atoms with Crippen LogP contribution in [0.3, 0.4) is 0 Å². The van der Waals surface area contributed by atoms with E-state index in [-0.39, 0.29) is 17.7 Å². The highest BCUT2D eigenvalue weighted by molar-refractivity contribution is 5.94. The van der Waals surface area contributed by atoms with Gasteiger partial charge < -0.3 is 10.0 Å². The number of nitrogens with one attached hydrogen (secondary N) is 1. The molecule has 1 aromatic rings. The van der Waals surface area contributed by atoms with Gasteiger partial charge in [-0.1, -0.05) is 20.8 Å². The predicted molar refractivity (Wildman–Crippen MR) is 61.9 cm³/mol. The molecule has 1 heterocycles. The number of carboxylic acid groups (broad SMARTS) is 1. The molecule has 0 fully saturated rings. The van der Waals surface area contributed by atoms with E-state index < -0.39 is 11.9 Å². The van der Waals surface area contributed by atoms with Crippen LogP contribution in [0, 0.1) is 0 Å². The largest absolute Gasteiger partial charge is 0.480 e. The Morgan fingerprint density at radius 1 is 1.47 bits per heavy atom. The molecule has 6 heteroatoms. The Morgan fingerprint density at radius 3 is 2.47 bits per heavy atom. The second-order valence-electron chi connectivity index (χ2n) is 4.97. The van der Waals surface area contributed by atoms with Gasteiger partial charge in [0.1, 0.15) is 12.2 Å². The highest BCUT2D eigenvalue weighted by Crippen LogP contribution is 2.20. The number of likely N-dealkylation sites (N-methyl/N-ethyl adjacent to an activating group) is 1. The third-order valence-electron chi connectivity index (χ3n) is 2.32. The number of carbonyl (C=O) groups excluding carboxylic acids is 1. The minimum Gasteiger partial charge on any atom is -0.480 e. The summed E-state index contributed by atoms with van der Waals surface area (Å²) in [4.78, 5) is 23.4. The highest BCUT2D eigenvalue weighted by Gasteiger charge is 2.21. The van der Waals surface area contributed by atoms with Crippen LogP contribution in [0.1, 0.15) is 37.0 Å². The minimum absolute atomic E-state index is 0.128. The average Bonchev–Trinajstić information content (AvgIpc) is 2.63. The monoisotopic (exact) mass is 239 g/mol. The predicted octanol–water partition coefficient (Wildman–Crippen LogP) is 0.864. The lowest BCUT2D eigenvalue weighted by Gasteiger charge is -2.15. The van der Waals surface area contributed by atoms with Gasteiger partial charge in [-0.2, -0.15) is 5.10 Å². The summed E-state index contributed by atoms with van der Waals surface area (Å²) < 4.78 is 0. The molecule has 0 saturated heterocycles. The Balaban J connectivity index is 2.84. The maximum absolute atomic E-state index is 11.8. The van der Waals surface area contributed by atoms with Gasteiger partial charge in [0.2, 0.25) is 0 Å². The van der Waals surface area contributed by atoms with Crippen molar-refractivity contribution in [3.8, 4) is 0 Å². The zero-order valence-corrected chi connectivity index (χ0v) is 10.4. The van der Waals surface area contributed by atoms with E-state index in [9.17, 15) is 9.59 Å². The van der Waals surface area contributed by atoms with Gasteiger partial charge in [-0.05, 0) is 6.07 Å². The molecule has 6 nitrogen and oxygen atoms in total. The maximum Gasteiger partial charge on any atom is 0.323 e. The molecule has 0 atom stereocenters. The molecule has 0 aliphatic rings. The Hall–Kier alpha value is -1.85. The summed E-state index contributed by atoms with van der Waals surface area (Å²) in [6.07, 6.45) is 0. The first-order chi connectivity index (χ1) is 7.71. The fourth-order valence-corrected chi connectivity index (χ4v) is 1.29. The van der Waals surface area contributed by atoms with Crippen LogP contribution in [0.2, 0.25) is 0 Å². The van der Waals surface area contributed by atoms with Crippen molar-refractivity contribution in [3.63, 3.8) is 0 Å². The quantitative estimate of drug-likeness (QED) is 0.819. The molecule has 0 radical (unpaired) electrons. The average molecular weight is 239 g/mol. The second kappa shape index (κ2) is 4.57. The van der Waals surface area contributed by atoms with Crippen LogP contribution >= 0.6 is 0 Å². The normalized spacial score (nSPS) is 11.3. The van der Waals surface area contributed by atoms with Crippen molar-refractivity contribution in [2.24, 2.45) is 0 Å². The van der Waals surface area contributed by atoms with Crippen molar-refractivity contribution in [2.75, 3.05) is 13.6 Å². The molecule has 2 N–H and O–H groups in total. The van der Waals surface area contributed by atoms with Gasteiger partial charge in [0.25, 0.3) is 5.91 Å². The van der Waals surface area contributed by atoms with E-state index in [1.807, 2.05) is 20.8 Å². The standard InChI is InChI=1S/C11H17N3O3/c1-11(2,3)8-5-7(12-13-8)10(17)14(4)6-9(15)16/h5H,6H2,1-4H3,(H,12,13)(H,15,16). The number of hydrogen-bond donors (Lipinski definition) is 2. The smallest absolute Gasteiger partial charge is 0.323 e. The molecule has 17 heavy (non-hydrogen) atoms. The van der Waals surface area contributed by atoms with Gasteiger partial charge in [-0.15, -0.1) is 0 Å². The Labute approximate surface area is 99.6 Å². The molecule has 0 aliphatic carbocycles. The summed E-state index contributed by atoms with van der Waals surface area (Å²) in [7, 11) is 1.43.